The van der Waals surface area contributed by atoms with Crippen LogP contribution in [0.2, 0.25) is 5.02 Å². The summed E-state index contributed by atoms with van der Waals surface area (Å²) in [6, 6.07) is 20.7. The minimum absolute atomic E-state index is 0.115. The van der Waals surface area contributed by atoms with Gasteiger partial charge in [-0.15, -0.1) is 0 Å². The molecule has 1 aliphatic rings. The third-order valence-corrected chi connectivity index (χ3v) is 4.55. The molecule has 0 spiro atoms. The van der Waals surface area contributed by atoms with E-state index in [1.807, 2.05) is 55.5 Å². The Morgan fingerprint density at radius 2 is 1.85 bits per heavy atom. The van der Waals surface area contributed by atoms with E-state index in [1.165, 1.54) is 0 Å². The van der Waals surface area contributed by atoms with Crippen molar-refractivity contribution in [2.75, 3.05) is 0 Å². The molecule has 3 aromatic rings. The number of allylic oxidation sites excluding steroid dienone is 1. The first-order chi connectivity index (χ1) is 13.1. The lowest BCUT2D eigenvalue weighted by Crippen LogP contribution is -1.98. The molecule has 0 saturated carbocycles. The van der Waals surface area contributed by atoms with Crippen LogP contribution in [-0.2, 0) is 6.61 Å². The SMILES string of the molecule is Cc1cccc(C=C2Oc3cc(OCc4ccc(Cl)cc4)ccc3C2=O)c1. The van der Waals surface area contributed by atoms with Crippen LogP contribution >= 0.6 is 11.6 Å². The van der Waals surface area contributed by atoms with Crippen LogP contribution in [0.3, 0.4) is 0 Å². The molecule has 4 rings (SSSR count). The highest BCUT2D eigenvalue weighted by molar-refractivity contribution is 6.30. The van der Waals surface area contributed by atoms with Crippen molar-refractivity contribution in [3.05, 3.63) is 99.8 Å². The summed E-state index contributed by atoms with van der Waals surface area (Å²) in [6.45, 7) is 2.42. The number of Topliss-reactive ketones (excluding diaryl/α,β-unsaturated/α-hetero) is 1. The van der Waals surface area contributed by atoms with E-state index >= 15 is 0 Å². The van der Waals surface area contributed by atoms with Crippen molar-refractivity contribution in [3.8, 4) is 11.5 Å². The predicted molar refractivity (Wildman–Crippen MR) is 106 cm³/mol. The summed E-state index contributed by atoms with van der Waals surface area (Å²) in [5, 5.41) is 0.691. The lowest BCUT2D eigenvalue weighted by Gasteiger charge is -2.07. The molecule has 134 valence electrons. The summed E-state index contributed by atoms with van der Waals surface area (Å²) in [5.41, 5.74) is 3.63. The molecule has 0 amide bonds. The van der Waals surface area contributed by atoms with Crippen LogP contribution in [0, 0.1) is 6.92 Å². The number of ketones is 1. The molecule has 0 aliphatic carbocycles. The first-order valence-electron chi connectivity index (χ1n) is 8.61. The van der Waals surface area contributed by atoms with Gasteiger partial charge in [-0.05, 0) is 48.4 Å². The fourth-order valence-electron chi connectivity index (χ4n) is 2.92. The quantitative estimate of drug-likeness (QED) is 0.536. The van der Waals surface area contributed by atoms with Gasteiger partial charge in [0.25, 0.3) is 0 Å². The summed E-state index contributed by atoms with van der Waals surface area (Å²) >= 11 is 5.89. The van der Waals surface area contributed by atoms with Crippen molar-refractivity contribution in [2.24, 2.45) is 0 Å². The molecule has 0 radical (unpaired) electrons. The van der Waals surface area contributed by atoms with Crippen molar-refractivity contribution in [2.45, 2.75) is 13.5 Å². The summed E-state index contributed by atoms with van der Waals surface area (Å²) in [6.07, 6.45) is 1.77. The number of aryl methyl sites for hydroxylation is 1. The zero-order chi connectivity index (χ0) is 18.8. The molecule has 3 nitrogen and oxygen atoms in total. The summed E-state index contributed by atoms with van der Waals surface area (Å²) in [4.78, 5) is 12.6. The third-order valence-electron chi connectivity index (χ3n) is 4.30. The van der Waals surface area contributed by atoms with Crippen molar-refractivity contribution >= 4 is 23.5 Å². The van der Waals surface area contributed by atoms with Gasteiger partial charge in [-0.25, -0.2) is 0 Å². The zero-order valence-corrected chi connectivity index (χ0v) is 15.5. The number of hydrogen-bond donors (Lipinski definition) is 0. The zero-order valence-electron chi connectivity index (χ0n) is 14.7. The minimum Gasteiger partial charge on any atom is -0.489 e. The molecule has 1 heterocycles. The van der Waals surface area contributed by atoms with E-state index in [2.05, 4.69) is 0 Å². The monoisotopic (exact) mass is 376 g/mol. The number of ether oxygens (including phenoxy) is 2. The number of rotatable bonds is 4. The Morgan fingerprint density at radius 1 is 1.04 bits per heavy atom. The average Bonchev–Trinajstić information content (AvgIpc) is 2.96. The van der Waals surface area contributed by atoms with Gasteiger partial charge in [-0.3, -0.25) is 4.79 Å². The molecule has 0 bridgehead atoms. The highest BCUT2D eigenvalue weighted by Crippen LogP contribution is 2.35. The largest absolute Gasteiger partial charge is 0.489 e. The van der Waals surface area contributed by atoms with Gasteiger partial charge in [-0.1, -0.05) is 53.6 Å². The fraction of sp³-hybridized carbons (Fsp3) is 0.0870. The maximum atomic E-state index is 12.6. The van der Waals surface area contributed by atoms with E-state index in [0.29, 0.717) is 34.5 Å². The number of fused-ring (bicyclic) bond motifs is 1. The first-order valence-corrected chi connectivity index (χ1v) is 8.98. The summed E-state index contributed by atoms with van der Waals surface area (Å²) < 4.78 is 11.6. The number of carbonyl (C=O) groups is 1. The third kappa shape index (κ3) is 3.88. The fourth-order valence-corrected chi connectivity index (χ4v) is 3.04. The summed E-state index contributed by atoms with van der Waals surface area (Å²) in [7, 11) is 0. The van der Waals surface area contributed by atoms with Crippen LogP contribution in [0.15, 0.2) is 72.5 Å². The number of hydrogen-bond acceptors (Lipinski definition) is 3. The Labute approximate surface area is 162 Å². The van der Waals surface area contributed by atoms with Gasteiger partial charge in [0.1, 0.15) is 18.1 Å². The van der Waals surface area contributed by atoms with Gasteiger partial charge < -0.3 is 9.47 Å². The standard InChI is InChI=1S/C23H17ClO3/c1-15-3-2-4-17(11-15)12-22-23(25)20-10-9-19(13-21(20)27-22)26-14-16-5-7-18(24)8-6-16/h2-13H,14H2,1H3. The van der Waals surface area contributed by atoms with Crippen molar-refractivity contribution < 1.29 is 14.3 Å². The first kappa shape index (κ1) is 17.4. The van der Waals surface area contributed by atoms with Gasteiger partial charge in [0, 0.05) is 11.1 Å². The second-order valence-corrected chi connectivity index (χ2v) is 6.86. The average molecular weight is 377 g/mol. The number of benzene rings is 3. The van der Waals surface area contributed by atoms with Crippen LogP contribution in [0.4, 0.5) is 0 Å². The number of carbonyl (C=O) groups excluding carboxylic acids is 1. The lowest BCUT2D eigenvalue weighted by atomic mass is 10.1. The van der Waals surface area contributed by atoms with E-state index in [-0.39, 0.29) is 5.78 Å². The van der Waals surface area contributed by atoms with Crippen molar-refractivity contribution in [3.63, 3.8) is 0 Å². The molecule has 0 atom stereocenters. The van der Waals surface area contributed by atoms with E-state index < -0.39 is 0 Å². The van der Waals surface area contributed by atoms with Gasteiger partial charge in [0.2, 0.25) is 5.78 Å². The van der Waals surface area contributed by atoms with Gasteiger partial charge in [0.15, 0.2) is 5.76 Å². The second kappa shape index (κ2) is 7.29. The molecule has 0 aromatic heterocycles. The molecule has 0 N–H and O–H groups in total. The highest BCUT2D eigenvalue weighted by Gasteiger charge is 2.27. The normalized spacial score (nSPS) is 14.1. The lowest BCUT2D eigenvalue weighted by molar-refractivity contribution is 0.101. The Balaban J connectivity index is 1.51. The van der Waals surface area contributed by atoms with Crippen molar-refractivity contribution in [1.29, 1.82) is 0 Å². The smallest absolute Gasteiger partial charge is 0.231 e. The Hall–Kier alpha value is -3.04. The van der Waals surface area contributed by atoms with E-state index in [0.717, 1.165) is 16.7 Å². The molecule has 1 aliphatic heterocycles. The second-order valence-electron chi connectivity index (χ2n) is 6.43. The predicted octanol–water partition coefficient (Wildman–Crippen LogP) is 5.84. The van der Waals surface area contributed by atoms with Gasteiger partial charge in [0.05, 0.1) is 5.56 Å². The summed E-state index contributed by atoms with van der Waals surface area (Å²) in [5.74, 6) is 1.38. The van der Waals surface area contributed by atoms with Gasteiger partial charge in [-0.2, -0.15) is 0 Å². The minimum atomic E-state index is -0.115. The maximum Gasteiger partial charge on any atom is 0.231 e. The molecular formula is C23H17ClO3. The molecule has 3 aromatic carbocycles. The van der Waals surface area contributed by atoms with Gasteiger partial charge >= 0.3 is 0 Å². The van der Waals surface area contributed by atoms with Crippen molar-refractivity contribution in [1.82, 2.24) is 0 Å². The number of halogens is 1. The molecule has 0 saturated heterocycles. The highest BCUT2D eigenvalue weighted by atomic mass is 35.5. The van der Waals surface area contributed by atoms with Crippen LogP contribution in [0.5, 0.6) is 11.5 Å². The van der Waals surface area contributed by atoms with E-state index in [4.69, 9.17) is 21.1 Å². The van der Waals surface area contributed by atoms with Crippen LogP contribution in [-0.4, -0.2) is 5.78 Å². The molecular weight excluding hydrogens is 360 g/mol. The van der Waals surface area contributed by atoms with E-state index in [1.54, 1.807) is 24.3 Å². The topological polar surface area (TPSA) is 35.5 Å². The van der Waals surface area contributed by atoms with Crippen LogP contribution in [0.1, 0.15) is 27.0 Å². The van der Waals surface area contributed by atoms with Crippen LogP contribution < -0.4 is 9.47 Å². The maximum absolute atomic E-state index is 12.6. The van der Waals surface area contributed by atoms with Crippen LogP contribution in [0.25, 0.3) is 6.08 Å². The van der Waals surface area contributed by atoms with E-state index in [9.17, 15) is 4.79 Å². The Kier molecular flexibility index (Phi) is 4.69. The molecule has 0 unspecified atom stereocenters. The Morgan fingerprint density at radius 3 is 2.63 bits per heavy atom. The molecule has 27 heavy (non-hydrogen) atoms. The molecule has 0 fully saturated rings. The molecule has 4 heteroatoms. The Bertz CT molecular complexity index is 1040.